The average molecular weight is 695 g/mol. The van der Waals surface area contributed by atoms with E-state index in [9.17, 15) is 13.2 Å². The van der Waals surface area contributed by atoms with Crippen molar-refractivity contribution in [3.05, 3.63) is 195 Å². The summed E-state index contributed by atoms with van der Waals surface area (Å²) in [4.78, 5) is 16.9. The van der Waals surface area contributed by atoms with Crippen molar-refractivity contribution in [2.45, 2.75) is 65.2 Å². The van der Waals surface area contributed by atoms with E-state index < -0.39 is 9.84 Å². The van der Waals surface area contributed by atoms with Crippen LogP contribution in [0.15, 0.2) is 143 Å². The van der Waals surface area contributed by atoms with Crippen molar-refractivity contribution in [1.82, 2.24) is 4.98 Å². The van der Waals surface area contributed by atoms with Gasteiger partial charge in [0, 0.05) is 22.5 Å². The van der Waals surface area contributed by atoms with Crippen LogP contribution in [0.5, 0.6) is 0 Å². The minimum atomic E-state index is -3.37. The van der Waals surface area contributed by atoms with E-state index in [1.165, 1.54) is 11.1 Å². The lowest BCUT2D eigenvalue weighted by molar-refractivity contribution is 0.103. The Labute approximate surface area is 304 Å². The second-order valence-corrected chi connectivity index (χ2v) is 14.4. The van der Waals surface area contributed by atoms with Crippen LogP contribution >= 0.6 is 0 Å². The van der Waals surface area contributed by atoms with Gasteiger partial charge in [0.25, 0.3) is 0 Å². The molecule has 0 unspecified atom stereocenters. The normalized spacial score (nSPS) is 10.2. The molecule has 0 radical (unpaired) electrons. The van der Waals surface area contributed by atoms with Crippen LogP contribution in [-0.4, -0.2) is 19.2 Å². The van der Waals surface area contributed by atoms with Crippen molar-refractivity contribution in [3.63, 3.8) is 0 Å². The molecule has 5 aromatic carbocycles. The smallest absolute Gasteiger partial charge is 0.206 e. The Kier molecular flexibility index (Phi) is 14.8. The van der Waals surface area contributed by atoms with Crippen LogP contribution < -0.4 is 0 Å². The zero-order valence-corrected chi connectivity index (χ0v) is 31.5. The van der Waals surface area contributed by atoms with Crippen molar-refractivity contribution in [2.75, 3.05) is 0 Å². The Morgan fingerprint density at radius 3 is 1.08 bits per heavy atom. The molecule has 0 N–H and O–H groups in total. The van der Waals surface area contributed by atoms with Gasteiger partial charge in [-0.15, -0.1) is 0 Å². The van der Waals surface area contributed by atoms with Gasteiger partial charge in [0.1, 0.15) is 0 Å². The van der Waals surface area contributed by atoms with Crippen molar-refractivity contribution in [1.29, 1.82) is 5.26 Å². The lowest BCUT2D eigenvalue weighted by atomic mass is 10.0. The molecule has 0 saturated heterocycles. The third-order valence-corrected chi connectivity index (χ3v) is 9.70. The Hall–Kier alpha value is -5.64. The molecule has 51 heavy (non-hydrogen) atoms. The monoisotopic (exact) mass is 694 g/mol. The second-order valence-electron chi connectivity index (χ2n) is 12.5. The minimum Gasteiger partial charge on any atom is -0.289 e. The fourth-order valence-corrected chi connectivity index (χ4v) is 6.08. The predicted molar refractivity (Wildman–Crippen MR) is 208 cm³/mol. The predicted octanol–water partition coefficient (Wildman–Crippen LogP) is 10.5. The largest absolute Gasteiger partial charge is 0.289 e. The molecule has 5 nitrogen and oxygen atoms in total. The van der Waals surface area contributed by atoms with Gasteiger partial charge in [0.2, 0.25) is 9.84 Å². The fraction of sp³-hybridized carbons (Fsp3) is 0.178. The van der Waals surface area contributed by atoms with Gasteiger partial charge in [-0.2, -0.15) is 5.26 Å². The summed E-state index contributed by atoms with van der Waals surface area (Å²) in [7, 11) is -3.37. The number of hydrogen-bond acceptors (Lipinski definition) is 5. The standard InChI is InChI=1S/C15H14O.C14H14O2S.C9H9N.C7H9N/c1-11-3-7-13(8-4-11)15(16)14-9-5-12(2)6-10-14;1-11-3-7-13(8-4-11)17(15,16)14-9-5-12(2)6-10-14;1-7-4-3-5-8(2)9(7)6-10;1-6-4-3-5-7(2)8-6/h3-10H,1-2H3;3-10H,1-2H3;3-5H,1-2H3;3-5H,1-2H3. The lowest BCUT2D eigenvalue weighted by Gasteiger charge is -2.05. The summed E-state index contributed by atoms with van der Waals surface area (Å²) >= 11 is 0. The van der Waals surface area contributed by atoms with Gasteiger partial charge in [-0.3, -0.25) is 9.78 Å². The number of rotatable bonds is 4. The molecule has 6 rings (SSSR count). The van der Waals surface area contributed by atoms with E-state index in [1.54, 1.807) is 48.5 Å². The number of benzene rings is 5. The van der Waals surface area contributed by atoms with Crippen LogP contribution in [0.3, 0.4) is 0 Å². The van der Waals surface area contributed by atoms with E-state index in [0.29, 0.717) is 9.79 Å². The number of pyridine rings is 1. The topological polar surface area (TPSA) is 87.9 Å². The van der Waals surface area contributed by atoms with Gasteiger partial charge in [-0.05, 0) is 103 Å². The number of carbonyl (C=O) groups excluding carboxylic acids is 1. The molecule has 0 fully saturated rings. The summed E-state index contributed by atoms with van der Waals surface area (Å²) in [5, 5.41) is 8.65. The zero-order valence-electron chi connectivity index (χ0n) is 30.7. The number of aryl methyl sites for hydroxylation is 8. The first kappa shape index (κ1) is 39.8. The Morgan fingerprint density at radius 2 is 0.804 bits per heavy atom. The van der Waals surface area contributed by atoms with Crippen LogP contribution in [0.4, 0.5) is 0 Å². The molecule has 0 aliphatic rings. The maximum atomic E-state index is 12.3. The molecule has 0 aliphatic carbocycles. The maximum Gasteiger partial charge on any atom is 0.206 e. The van der Waals surface area contributed by atoms with Gasteiger partial charge >= 0.3 is 0 Å². The molecule has 260 valence electrons. The summed E-state index contributed by atoms with van der Waals surface area (Å²) in [6.07, 6.45) is 0. The summed E-state index contributed by atoms with van der Waals surface area (Å²) in [5.74, 6) is 0.0833. The van der Waals surface area contributed by atoms with E-state index in [-0.39, 0.29) is 5.78 Å². The molecule has 0 bridgehead atoms. The van der Waals surface area contributed by atoms with Crippen molar-refractivity contribution >= 4 is 15.6 Å². The number of aromatic nitrogens is 1. The Morgan fingerprint density at radius 1 is 0.490 bits per heavy atom. The third-order valence-electron chi connectivity index (χ3n) is 7.91. The molecule has 1 aromatic heterocycles. The molecule has 0 amide bonds. The van der Waals surface area contributed by atoms with Gasteiger partial charge in [-0.1, -0.05) is 119 Å². The third kappa shape index (κ3) is 12.3. The van der Waals surface area contributed by atoms with E-state index in [0.717, 1.165) is 50.3 Å². The number of hydrogen-bond donors (Lipinski definition) is 0. The second kappa shape index (κ2) is 18.9. The first-order valence-corrected chi connectivity index (χ1v) is 18.1. The van der Waals surface area contributed by atoms with Crippen LogP contribution in [0.25, 0.3) is 0 Å². The average Bonchev–Trinajstić information content (AvgIpc) is 3.10. The Balaban J connectivity index is 0.000000191. The van der Waals surface area contributed by atoms with E-state index in [2.05, 4.69) is 11.1 Å². The fourth-order valence-electron chi connectivity index (χ4n) is 4.82. The molecule has 0 aliphatic heterocycles. The van der Waals surface area contributed by atoms with Crippen molar-refractivity contribution < 1.29 is 13.2 Å². The quantitative estimate of drug-likeness (QED) is 0.171. The number of sulfone groups is 1. The van der Waals surface area contributed by atoms with Crippen LogP contribution in [0, 0.1) is 66.7 Å². The van der Waals surface area contributed by atoms with Gasteiger partial charge < -0.3 is 0 Å². The molecular weight excluding hydrogens is 649 g/mol. The highest BCUT2D eigenvalue weighted by Crippen LogP contribution is 2.21. The van der Waals surface area contributed by atoms with Gasteiger partial charge in [0.05, 0.1) is 21.4 Å². The van der Waals surface area contributed by atoms with E-state index in [1.807, 2.05) is 140 Å². The van der Waals surface area contributed by atoms with E-state index >= 15 is 0 Å². The first-order chi connectivity index (χ1) is 24.2. The molecule has 6 aromatic rings. The van der Waals surface area contributed by atoms with Crippen molar-refractivity contribution in [2.24, 2.45) is 0 Å². The first-order valence-electron chi connectivity index (χ1n) is 16.6. The van der Waals surface area contributed by atoms with Crippen LogP contribution in [0.2, 0.25) is 0 Å². The SMILES string of the molecule is Cc1ccc(C(=O)c2ccc(C)cc2)cc1.Cc1ccc(S(=O)(=O)c2ccc(C)cc2)cc1.Cc1cccc(C)c1C#N.Cc1cccc(C)n1. The number of nitrogens with zero attached hydrogens (tertiary/aromatic N) is 2. The van der Waals surface area contributed by atoms with Crippen LogP contribution in [0.1, 0.15) is 66.3 Å². The van der Waals surface area contributed by atoms with Crippen LogP contribution in [-0.2, 0) is 9.84 Å². The summed E-state index contributed by atoms with van der Waals surface area (Å²) in [5.41, 5.74) is 11.0. The minimum absolute atomic E-state index is 0.0833. The van der Waals surface area contributed by atoms with E-state index in [4.69, 9.17) is 5.26 Å². The highest BCUT2D eigenvalue weighted by Gasteiger charge is 2.16. The molecule has 1 heterocycles. The molecule has 0 saturated carbocycles. The molecule has 0 spiro atoms. The highest BCUT2D eigenvalue weighted by atomic mass is 32.2. The number of ketones is 1. The molecule has 0 atom stereocenters. The Bertz CT molecular complexity index is 2040. The molecule has 6 heteroatoms. The van der Waals surface area contributed by atoms with Crippen molar-refractivity contribution in [3.8, 4) is 6.07 Å². The zero-order chi connectivity index (χ0) is 37.6. The summed E-state index contributed by atoms with van der Waals surface area (Å²) in [6, 6.07) is 43.2. The molecular formula is C45H46N2O3S. The van der Waals surface area contributed by atoms with Gasteiger partial charge in [0.15, 0.2) is 5.78 Å². The maximum absolute atomic E-state index is 12.3. The lowest BCUT2D eigenvalue weighted by Crippen LogP contribution is -2.01. The summed E-state index contributed by atoms with van der Waals surface area (Å²) < 4.78 is 24.5. The highest BCUT2D eigenvalue weighted by molar-refractivity contribution is 7.91. The number of nitriles is 1. The van der Waals surface area contributed by atoms with Gasteiger partial charge in [-0.25, -0.2) is 8.42 Å². The summed E-state index contributed by atoms with van der Waals surface area (Å²) in [6.45, 7) is 15.8. The number of carbonyl (C=O) groups is 1.